The van der Waals surface area contributed by atoms with E-state index in [-0.39, 0.29) is 24.7 Å². The highest BCUT2D eigenvalue weighted by Crippen LogP contribution is 2.26. The minimum absolute atomic E-state index is 0.0528. The molecule has 0 radical (unpaired) electrons. The number of rotatable bonds is 7. The van der Waals surface area contributed by atoms with Crippen LogP contribution in [0.25, 0.3) is 0 Å². The van der Waals surface area contributed by atoms with Crippen LogP contribution in [0, 0.1) is 0 Å². The van der Waals surface area contributed by atoms with Gasteiger partial charge < -0.3 is 10.4 Å². The van der Waals surface area contributed by atoms with Gasteiger partial charge in [-0.15, -0.1) is 11.3 Å². The second-order valence-corrected chi connectivity index (χ2v) is 6.97. The molecule has 128 valence electrons. The summed E-state index contributed by atoms with van der Waals surface area (Å²) >= 11 is 1.42. The van der Waals surface area contributed by atoms with Crippen molar-refractivity contribution in [2.75, 3.05) is 18.4 Å². The van der Waals surface area contributed by atoms with Crippen LogP contribution in [-0.4, -0.2) is 52.2 Å². The maximum Gasteiger partial charge on any atom is 0.321 e. The number of aliphatic carboxylic acids is 1. The summed E-state index contributed by atoms with van der Waals surface area (Å²) in [6, 6.07) is 0.0700. The van der Waals surface area contributed by atoms with Crippen LogP contribution in [0.2, 0.25) is 0 Å². The fourth-order valence-electron chi connectivity index (χ4n) is 2.60. The molecule has 0 atom stereocenters. The summed E-state index contributed by atoms with van der Waals surface area (Å²) in [4.78, 5) is 29.0. The lowest BCUT2D eigenvalue weighted by atomic mass is 9.85. The van der Waals surface area contributed by atoms with E-state index in [9.17, 15) is 9.59 Å². The van der Waals surface area contributed by atoms with Crippen LogP contribution in [0.4, 0.5) is 9.93 Å². The molecular weight excluding hydrogens is 316 g/mol. The molecule has 1 aromatic rings. The Morgan fingerprint density at radius 1 is 1.48 bits per heavy atom. The van der Waals surface area contributed by atoms with Crippen molar-refractivity contribution in [3.8, 4) is 0 Å². The van der Waals surface area contributed by atoms with Crippen molar-refractivity contribution >= 4 is 28.5 Å². The summed E-state index contributed by atoms with van der Waals surface area (Å²) in [6.45, 7) is 6.82. The molecule has 0 unspecified atom stereocenters. The van der Waals surface area contributed by atoms with Crippen molar-refractivity contribution in [2.45, 2.75) is 51.6 Å². The van der Waals surface area contributed by atoms with Crippen molar-refractivity contribution in [2.24, 2.45) is 0 Å². The second-order valence-electron chi connectivity index (χ2n) is 6.11. The smallest absolute Gasteiger partial charge is 0.321 e. The summed E-state index contributed by atoms with van der Waals surface area (Å²) in [5, 5.41) is 17.1. The number of hydrogen-bond donors (Lipinski definition) is 3. The predicted octanol–water partition coefficient (Wildman–Crippen LogP) is 2.33. The van der Waals surface area contributed by atoms with E-state index in [0.717, 1.165) is 18.5 Å². The molecule has 23 heavy (non-hydrogen) atoms. The Morgan fingerprint density at radius 3 is 2.70 bits per heavy atom. The lowest BCUT2D eigenvalue weighted by Gasteiger charge is -2.42. The van der Waals surface area contributed by atoms with E-state index in [1.807, 2.05) is 17.2 Å². The third kappa shape index (κ3) is 4.90. The Labute approximate surface area is 140 Å². The zero-order valence-corrected chi connectivity index (χ0v) is 14.5. The maximum absolute atomic E-state index is 12.0. The van der Waals surface area contributed by atoms with E-state index < -0.39 is 5.97 Å². The van der Waals surface area contributed by atoms with Gasteiger partial charge in [0.1, 0.15) is 0 Å². The molecule has 0 bridgehead atoms. The van der Waals surface area contributed by atoms with Gasteiger partial charge in [0.25, 0.3) is 0 Å². The Balaban J connectivity index is 1.74. The van der Waals surface area contributed by atoms with Crippen molar-refractivity contribution in [1.82, 2.24) is 15.2 Å². The highest BCUT2D eigenvalue weighted by atomic mass is 32.1. The first-order valence-corrected chi connectivity index (χ1v) is 8.75. The number of nitrogens with zero attached hydrogens (tertiary/aromatic N) is 2. The highest BCUT2D eigenvalue weighted by Gasteiger charge is 2.34. The van der Waals surface area contributed by atoms with Crippen LogP contribution < -0.4 is 10.6 Å². The number of aromatic nitrogens is 1. The molecule has 2 amide bonds. The largest absolute Gasteiger partial charge is 0.480 e. The molecule has 1 saturated carbocycles. The van der Waals surface area contributed by atoms with E-state index in [0.29, 0.717) is 17.6 Å². The maximum atomic E-state index is 12.0. The first kappa shape index (κ1) is 17.7. The van der Waals surface area contributed by atoms with Gasteiger partial charge in [-0.1, -0.05) is 20.8 Å². The molecule has 1 fully saturated rings. The number of likely N-dealkylation sites (N-methyl/N-ethyl adjacent to an activating group) is 1. The Kier molecular flexibility index (Phi) is 5.95. The number of carboxylic acid groups (broad SMARTS) is 1. The highest BCUT2D eigenvalue weighted by molar-refractivity contribution is 7.13. The molecule has 1 aromatic heterocycles. The SMILES string of the molecule is CCN(CC(=O)O)C1CC(NC(=O)Nc2nc(C(C)C)cs2)C1. The Bertz CT molecular complexity index is 555. The number of urea groups is 1. The van der Waals surface area contributed by atoms with Gasteiger partial charge in [-0.3, -0.25) is 15.0 Å². The van der Waals surface area contributed by atoms with E-state index in [1.165, 1.54) is 11.3 Å². The second kappa shape index (κ2) is 7.74. The molecule has 0 spiro atoms. The summed E-state index contributed by atoms with van der Waals surface area (Å²) in [7, 11) is 0. The normalized spacial score (nSPS) is 20.4. The number of carbonyl (C=O) groups is 2. The van der Waals surface area contributed by atoms with Crippen molar-refractivity contribution in [3.05, 3.63) is 11.1 Å². The minimum atomic E-state index is -0.814. The molecule has 0 saturated heterocycles. The van der Waals surface area contributed by atoms with Crippen molar-refractivity contribution in [3.63, 3.8) is 0 Å². The van der Waals surface area contributed by atoms with E-state index >= 15 is 0 Å². The summed E-state index contributed by atoms with van der Waals surface area (Å²) in [5.41, 5.74) is 0.973. The van der Waals surface area contributed by atoms with Crippen LogP contribution in [-0.2, 0) is 4.79 Å². The van der Waals surface area contributed by atoms with Gasteiger partial charge in [-0.05, 0) is 25.3 Å². The molecule has 1 aliphatic carbocycles. The van der Waals surface area contributed by atoms with Crippen LogP contribution in [0.15, 0.2) is 5.38 Å². The molecule has 7 nitrogen and oxygen atoms in total. The summed E-state index contributed by atoms with van der Waals surface area (Å²) in [6.07, 6.45) is 1.56. The van der Waals surface area contributed by atoms with Crippen molar-refractivity contribution < 1.29 is 14.7 Å². The molecule has 0 aliphatic heterocycles. The van der Waals surface area contributed by atoms with Gasteiger partial charge in [0.15, 0.2) is 5.13 Å². The van der Waals surface area contributed by atoms with Crippen LogP contribution in [0.5, 0.6) is 0 Å². The molecule has 0 aromatic carbocycles. The number of carbonyl (C=O) groups excluding carboxylic acids is 1. The molecule has 2 rings (SSSR count). The van der Waals surface area contributed by atoms with E-state index in [4.69, 9.17) is 5.11 Å². The topological polar surface area (TPSA) is 94.6 Å². The van der Waals surface area contributed by atoms with Gasteiger partial charge in [0, 0.05) is 17.5 Å². The lowest BCUT2D eigenvalue weighted by molar-refractivity contribution is -0.139. The monoisotopic (exact) mass is 340 g/mol. The molecule has 1 heterocycles. The number of thiazole rings is 1. The predicted molar refractivity (Wildman–Crippen MR) is 90.1 cm³/mol. The molecule has 3 N–H and O–H groups in total. The Hall–Kier alpha value is -1.67. The number of nitrogens with one attached hydrogen (secondary N) is 2. The summed E-state index contributed by atoms with van der Waals surface area (Å²) < 4.78 is 0. The lowest BCUT2D eigenvalue weighted by Crippen LogP contribution is -2.55. The third-order valence-electron chi connectivity index (χ3n) is 4.04. The number of anilines is 1. The third-order valence-corrected chi connectivity index (χ3v) is 4.82. The average Bonchev–Trinajstić information content (AvgIpc) is 2.88. The first-order valence-electron chi connectivity index (χ1n) is 7.87. The van der Waals surface area contributed by atoms with Gasteiger partial charge >= 0.3 is 12.0 Å². The van der Waals surface area contributed by atoms with Gasteiger partial charge in [-0.2, -0.15) is 0 Å². The zero-order valence-electron chi connectivity index (χ0n) is 13.7. The number of amides is 2. The number of hydrogen-bond acceptors (Lipinski definition) is 5. The number of carboxylic acids is 1. The average molecular weight is 340 g/mol. The zero-order chi connectivity index (χ0) is 17.0. The molecule has 1 aliphatic rings. The van der Waals surface area contributed by atoms with Crippen LogP contribution >= 0.6 is 11.3 Å². The van der Waals surface area contributed by atoms with Gasteiger partial charge in [-0.25, -0.2) is 9.78 Å². The van der Waals surface area contributed by atoms with E-state index in [1.54, 1.807) is 0 Å². The van der Waals surface area contributed by atoms with Crippen molar-refractivity contribution in [1.29, 1.82) is 0 Å². The summed E-state index contributed by atoms with van der Waals surface area (Å²) in [5.74, 6) is -0.475. The van der Waals surface area contributed by atoms with Gasteiger partial charge in [0.2, 0.25) is 0 Å². The molecule has 8 heteroatoms. The van der Waals surface area contributed by atoms with Crippen LogP contribution in [0.3, 0.4) is 0 Å². The fraction of sp³-hybridized carbons (Fsp3) is 0.667. The fourth-order valence-corrected chi connectivity index (χ4v) is 3.47. The van der Waals surface area contributed by atoms with Gasteiger partial charge in [0.05, 0.1) is 12.2 Å². The first-order chi connectivity index (χ1) is 10.9. The minimum Gasteiger partial charge on any atom is -0.480 e. The quantitative estimate of drug-likeness (QED) is 0.708. The van der Waals surface area contributed by atoms with Crippen LogP contribution in [0.1, 0.15) is 45.2 Å². The standard InChI is InChI=1S/C15H24N4O3S/c1-4-19(7-13(20)21)11-5-10(6-11)16-14(22)18-15-17-12(8-23-15)9(2)3/h8-11H,4-7H2,1-3H3,(H,20,21)(H2,16,17,18,22). The molecular formula is C15H24N4O3S. The van der Waals surface area contributed by atoms with E-state index in [2.05, 4.69) is 29.5 Å². The Morgan fingerprint density at radius 2 is 2.17 bits per heavy atom.